The molecule has 0 fully saturated rings. The Morgan fingerprint density at radius 3 is 2.67 bits per heavy atom. The maximum absolute atomic E-state index is 12.3. The van der Waals surface area contributed by atoms with Gasteiger partial charge < -0.3 is 14.8 Å². The zero-order valence-electron chi connectivity index (χ0n) is 17.9. The number of hydrogen-bond acceptors (Lipinski definition) is 5. The highest BCUT2D eigenvalue weighted by molar-refractivity contribution is 5.66. The Kier molecular flexibility index (Phi) is 5.59. The van der Waals surface area contributed by atoms with Crippen molar-refractivity contribution >= 4 is 6.08 Å². The second kappa shape index (κ2) is 8.84. The lowest BCUT2D eigenvalue weighted by Crippen LogP contribution is -2.34. The van der Waals surface area contributed by atoms with Gasteiger partial charge in [-0.2, -0.15) is 0 Å². The third-order valence-corrected chi connectivity index (χ3v) is 5.84. The lowest BCUT2D eigenvalue weighted by Gasteiger charge is -2.18. The number of fused-ring (bicyclic) bond motifs is 1. The van der Waals surface area contributed by atoms with E-state index < -0.39 is 11.5 Å². The number of aromatic nitrogens is 2. The molecule has 164 valence electrons. The zero-order valence-corrected chi connectivity index (χ0v) is 17.9. The lowest BCUT2D eigenvalue weighted by molar-refractivity contribution is 0.174. The summed E-state index contributed by atoms with van der Waals surface area (Å²) >= 11 is 0. The molecular formula is C27H23N3O3. The van der Waals surface area contributed by atoms with Crippen LogP contribution in [0, 0.1) is 0 Å². The van der Waals surface area contributed by atoms with Crippen molar-refractivity contribution in [3.8, 4) is 22.6 Å². The van der Waals surface area contributed by atoms with E-state index in [1.807, 2.05) is 54.6 Å². The average molecular weight is 437 g/mol. The van der Waals surface area contributed by atoms with Gasteiger partial charge in [0, 0.05) is 53.6 Å². The van der Waals surface area contributed by atoms with Gasteiger partial charge in [-0.05, 0) is 29.7 Å². The van der Waals surface area contributed by atoms with E-state index in [0.717, 1.165) is 33.8 Å². The van der Waals surface area contributed by atoms with Crippen LogP contribution in [0.5, 0.6) is 5.75 Å². The topological polar surface area (TPSA) is 87.7 Å². The summed E-state index contributed by atoms with van der Waals surface area (Å²) in [7, 11) is 0. The summed E-state index contributed by atoms with van der Waals surface area (Å²) in [4.78, 5) is 21.1. The summed E-state index contributed by atoms with van der Waals surface area (Å²) < 4.78 is 1.75. The molecule has 0 radical (unpaired) electrons. The van der Waals surface area contributed by atoms with Gasteiger partial charge in [0.25, 0.3) is 0 Å². The quantitative estimate of drug-likeness (QED) is 0.503. The van der Waals surface area contributed by atoms with Crippen molar-refractivity contribution in [3.63, 3.8) is 0 Å². The molecule has 0 saturated heterocycles. The van der Waals surface area contributed by atoms with Crippen molar-refractivity contribution in [1.82, 2.24) is 9.55 Å². The van der Waals surface area contributed by atoms with Crippen LogP contribution >= 0.6 is 0 Å². The number of pyridine rings is 2. The Balaban J connectivity index is 1.57. The molecule has 0 saturated carbocycles. The molecule has 1 aliphatic rings. The Hall–Kier alpha value is -4.03. The van der Waals surface area contributed by atoms with Crippen molar-refractivity contribution in [2.45, 2.75) is 18.9 Å². The highest BCUT2D eigenvalue weighted by atomic mass is 16.3. The Labute approximate surface area is 190 Å². The van der Waals surface area contributed by atoms with Crippen molar-refractivity contribution in [3.05, 3.63) is 111 Å². The van der Waals surface area contributed by atoms with E-state index >= 15 is 0 Å². The maximum atomic E-state index is 12.3. The van der Waals surface area contributed by atoms with Gasteiger partial charge in [-0.1, -0.05) is 48.5 Å². The van der Waals surface area contributed by atoms with E-state index in [2.05, 4.69) is 16.1 Å². The molecule has 0 amide bonds. The molecule has 2 aromatic heterocycles. The van der Waals surface area contributed by atoms with Gasteiger partial charge in [-0.3, -0.25) is 14.8 Å². The normalized spacial score (nSPS) is 13.5. The predicted molar refractivity (Wildman–Crippen MR) is 127 cm³/mol. The van der Waals surface area contributed by atoms with Crippen LogP contribution in [-0.2, 0) is 6.42 Å². The molecule has 5 rings (SSSR count). The van der Waals surface area contributed by atoms with Crippen LogP contribution in [0.3, 0.4) is 0 Å². The first-order valence-corrected chi connectivity index (χ1v) is 10.9. The highest BCUT2D eigenvalue weighted by Gasteiger charge is 2.17. The first kappa shape index (κ1) is 20.8. The average Bonchev–Trinajstić information content (AvgIpc) is 2.86. The standard InChI is InChI=1S/C27H23N3O3/c31-24(23-16-28-15-20-9-5-11-29-27(20)23)13-22-14-25(32)26(33)17-30(22)21-10-4-8-19(12-21)18-6-2-1-3-7-18/h1-4,6-10,12,14-17,24,31,33H,5,11,13H2. The predicted octanol–water partition coefficient (Wildman–Crippen LogP) is 2.69. The summed E-state index contributed by atoms with van der Waals surface area (Å²) in [5, 5.41) is 22.9. The van der Waals surface area contributed by atoms with Gasteiger partial charge in [0.2, 0.25) is 5.43 Å². The summed E-state index contributed by atoms with van der Waals surface area (Å²) in [6.45, 7) is 0.674. The highest BCUT2D eigenvalue weighted by Crippen LogP contribution is 2.24. The van der Waals surface area contributed by atoms with E-state index in [4.69, 9.17) is 0 Å². The third kappa shape index (κ3) is 4.21. The molecule has 6 heteroatoms. The smallest absolute Gasteiger partial charge is 0.223 e. The number of nitrogens with zero attached hydrogens (tertiary/aromatic N) is 3. The fourth-order valence-electron chi connectivity index (χ4n) is 4.19. The minimum atomic E-state index is -0.907. The number of rotatable bonds is 5. The van der Waals surface area contributed by atoms with Crippen LogP contribution in [0.1, 0.15) is 23.8 Å². The number of hydrogen-bond donors (Lipinski definition) is 2. The molecule has 0 spiro atoms. The van der Waals surface area contributed by atoms with Crippen LogP contribution < -0.4 is 16.0 Å². The summed E-state index contributed by atoms with van der Waals surface area (Å²) in [5.74, 6) is -0.346. The van der Waals surface area contributed by atoms with Crippen molar-refractivity contribution in [2.24, 2.45) is 4.99 Å². The summed E-state index contributed by atoms with van der Waals surface area (Å²) in [6, 6.07) is 19.2. The van der Waals surface area contributed by atoms with Crippen LogP contribution in [-0.4, -0.2) is 26.3 Å². The first-order valence-electron chi connectivity index (χ1n) is 10.9. The number of benzene rings is 2. The Bertz CT molecular complexity index is 1490. The van der Waals surface area contributed by atoms with Crippen molar-refractivity contribution < 1.29 is 10.2 Å². The Morgan fingerprint density at radius 1 is 1.00 bits per heavy atom. The SMILES string of the molecule is O=c1cc(CC(O)c2cncc3c2=NCCC=3)n(-c2cccc(-c3ccccc3)c2)cc1O. The van der Waals surface area contributed by atoms with Crippen molar-refractivity contribution in [1.29, 1.82) is 0 Å². The number of aliphatic hydroxyl groups excluding tert-OH is 1. The van der Waals surface area contributed by atoms with Gasteiger partial charge >= 0.3 is 0 Å². The second-order valence-corrected chi connectivity index (χ2v) is 8.06. The summed E-state index contributed by atoms with van der Waals surface area (Å²) in [5.41, 5.74) is 3.57. The largest absolute Gasteiger partial charge is 0.503 e. The molecule has 2 N–H and O–H groups in total. The molecule has 33 heavy (non-hydrogen) atoms. The molecule has 4 aromatic rings. The van der Waals surface area contributed by atoms with E-state index in [0.29, 0.717) is 17.8 Å². The molecule has 0 bridgehead atoms. The molecular weight excluding hydrogens is 414 g/mol. The molecule has 1 atom stereocenters. The second-order valence-electron chi connectivity index (χ2n) is 8.06. The van der Waals surface area contributed by atoms with Gasteiger partial charge in [-0.15, -0.1) is 0 Å². The first-order chi connectivity index (χ1) is 16.1. The van der Waals surface area contributed by atoms with E-state index in [1.165, 1.54) is 12.3 Å². The Morgan fingerprint density at radius 2 is 1.82 bits per heavy atom. The van der Waals surface area contributed by atoms with Crippen LogP contribution in [0.15, 0.2) is 89.0 Å². The van der Waals surface area contributed by atoms with E-state index in [9.17, 15) is 15.0 Å². The molecule has 1 unspecified atom stereocenters. The van der Waals surface area contributed by atoms with Gasteiger partial charge in [-0.25, -0.2) is 0 Å². The number of aromatic hydroxyl groups is 1. The fraction of sp³-hybridized carbons (Fsp3) is 0.148. The third-order valence-electron chi connectivity index (χ3n) is 5.84. The molecule has 2 aromatic carbocycles. The van der Waals surface area contributed by atoms with Crippen LogP contribution in [0.4, 0.5) is 0 Å². The molecule has 0 aliphatic carbocycles. The zero-order chi connectivity index (χ0) is 22.8. The van der Waals surface area contributed by atoms with Gasteiger partial charge in [0.05, 0.1) is 17.7 Å². The molecule has 1 aliphatic heterocycles. The van der Waals surface area contributed by atoms with Gasteiger partial charge in [0.15, 0.2) is 5.75 Å². The minimum Gasteiger partial charge on any atom is -0.503 e. The fourth-order valence-corrected chi connectivity index (χ4v) is 4.19. The van der Waals surface area contributed by atoms with E-state index in [1.54, 1.807) is 17.0 Å². The minimum absolute atomic E-state index is 0.165. The maximum Gasteiger partial charge on any atom is 0.223 e. The number of aliphatic hydroxyl groups is 1. The van der Waals surface area contributed by atoms with Crippen LogP contribution in [0.25, 0.3) is 22.9 Å². The van der Waals surface area contributed by atoms with E-state index in [-0.39, 0.29) is 12.2 Å². The summed E-state index contributed by atoms with van der Waals surface area (Å²) in [6.07, 6.45) is 6.96. The molecule has 3 heterocycles. The van der Waals surface area contributed by atoms with Crippen LogP contribution in [0.2, 0.25) is 0 Å². The monoisotopic (exact) mass is 437 g/mol. The van der Waals surface area contributed by atoms with Crippen molar-refractivity contribution in [2.75, 3.05) is 6.54 Å². The van der Waals surface area contributed by atoms with Gasteiger partial charge in [0.1, 0.15) is 0 Å². The molecule has 6 nitrogen and oxygen atoms in total. The lowest BCUT2D eigenvalue weighted by atomic mass is 10.0.